The van der Waals surface area contributed by atoms with Crippen LogP contribution in [0.2, 0.25) is 10.0 Å². The SMILES string of the molecule is CCC1(CC)CC(NC(=O)CN(c2cccc(Cl)c2)S(=O)(=O)c2ccc(Cl)cc2)c2ccccc2O1. The summed E-state index contributed by atoms with van der Waals surface area (Å²) in [6.07, 6.45) is 2.15. The van der Waals surface area contributed by atoms with Crippen LogP contribution in [0.15, 0.2) is 77.7 Å². The topological polar surface area (TPSA) is 75.7 Å². The molecule has 1 unspecified atom stereocenters. The number of hydrogen-bond donors (Lipinski definition) is 1. The molecule has 0 saturated heterocycles. The molecule has 1 amide bonds. The van der Waals surface area contributed by atoms with Crippen molar-refractivity contribution in [2.45, 2.75) is 49.6 Å². The molecule has 0 radical (unpaired) electrons. The number of hydrogen-bond acceptors (Lipinski definition) is 4. The van der Waals surface area contributed by atoms with Gasteiger partial charge in [-0.25, -0.2) is 8.42 Å². The molecule has 6 nitrogen and oxygen atoms in total. The lowest BCUT2D eigenvalue weighted by atomic mass is 9.83. The van der Waals surface area contributed by atoms with Gasteiger partial charge in [0.25, 0.3) is 10.0 Å². The third-order valence-electron chi connectivity index (χ3n) is 6.61. The minimum Gasteiger partial charge on any atom is -0.487 e. The number of sulfonamides is 1. The molecule has 0 spiro atoms. The molecule has 0 fully saturated rings. The Morgan fingerprint density at radius 3 is 2.36 bits per heavy atom. The summed E-state index contributed by atoms with van der Waals surface area (Å²) in [6.45, 7) is 3.71. The first-order chi connectivity index (χ1) is 17.2. The Labute approximate surface area is 222 Å². The van der Waals surface area contributed by atoms with Gasteiger partial charge in [-0.05, 0) is 61.4 Å². The van der Waals surface area contributed by atoms with Crippen molar-refractivity contribution in [3.05, 3.63) is 88.4 Å². The van der Waals surface area contributed by atoms with Crippen LogP contribution in [0.5, 0.6) is 5.75 Å². The number of anilines is 1. The number of rotatable bonds is 8. The molecule has 1 heterocycles. The van der Waals surface area contributed by atoms with E-state index in [1.54, 1.807) is 18.2 Å². The van der Waals surface area contributed by atoms with Crippen molar-refractivity contribution in [3.8, 4) is 5.75 Å². The summed E-state index contributed by atoms with van der Waals surface area (Å²) in [4.78, 5) is 13.4. The lowest BCUT2D eigenvalue weighted by Crippen LogP contribution is -2.47. The van der Waals surface area contributed by atoms with Gasteiger partial charge < -0.3 is 10.1 Å². The molecule has 0 aliphatic carbocycles. The van der Waals surface area contributed by atoms with Gasteiger partial charge in [-0.1, -0.05) is 61.3 Å². The van der Waals surface area contributed by atoms with E-state index in [0.717, 1.165) is 28.5 Å². The maximum Gasteiger partial charge on any atom is 0.264 e. The summed E-state index contributed by atoms with van der Waals surface area (Å²) in [5, 5.41) is 3.84. The Morgan fingerprint density at radius 1 is 1.00 bits per heavy atom. The largest absolute Gasteiger partial charge is 0.487 e. The first-order valence-corrected chi connectivity index (χ1v) is 14.0. The Morgan fingerprint density at radius 2 is 1.69 bits per heavy atom. The zero-order chi connectivity index (χ0) is 25.9. The second kappa shape index (κ2) is 10.7. The quantitative estimate of drug-likeness (QED) is 0.355. The minimum absolute atomic E-state index is 0.0204. The molecule has 36 heavy (non-hydrogen) atoms. The van der Waals surface area contributed by atoms with Crippen LogP contribution < -0.4 is 14.4 Å². The Balaban J connectivity index is 1.65. The number of carbonyl (C=O) groups is 1. The van der Waals surface area contributed by atoms with E-state index < -0.39 is 28.1 Å². The smallest absolute Gasteiger partial charge is 0.264 e. The van der Waals surface area contributed by atoms with E-state index in [9.17, 15) is 13.2 Å². The lowest BCUT2D eigenvalue weighted by Gasteiger charge is -2.41. The maximum atomic E-state index is 13.6. The Kier molecular flexibility index (Phi) is 7.83. The molecule has 0 bridgehead atoms. The van der Waals surface area contributed by atoms with Crippen molar-refractivity contribution in [2.24, 2.45) is 0 Å². The number of amides is 1. The van der Waals surface area contributed by atoms with E-state index in [1.807, 2.05) is 24.3 Å². The van der Waals surface area contributed by atoms with Crippen LogP contribution in [-0.2, 0) is 14.8 Å². The van der Waals surface area contributed by atoms with Gasteiger partial charge in [0.1, 0.15) is 17.9 Å². The molecule has 190 valence electrons. The van der Waals surface area contributed by atoms with Crippen LogP contribution in [-0.4, -0.2) is 26.5 Å². The molecule has 0 aromatic heterocycles. The fraction of sp³-hybridized carbons (Fsp3) is 0.296. The van der Waals surface area contributed by atoms with Crippen LogP contribution in [0.3, 0.4) is 0 Å². The van der Waals surface area contributed by atoms with Crippen LogP contribution in [0.25, 0.3) is 0 Å². The number of para-hydroxylation sites is 1. The normalized spacial score (nSPS) is 16.5. The highest BCUT2D eigenvalue weighted by molar-refractivity contribution is 7.92. The van der Waals surface area contributed by atoms with Crippen molar-refractivity contribution in [1.29, 1.82) is 0 Å². The van der Waals surface area contributed by atoms with E-state index in [2.05, 4.69) is 19.2 Å². The molecule has 1 N–H and O–H groups in total. The summed E-state index contributed by atoms with van der Waals surface area (Å²) in [5.74, 6) is 0.300. The van der Waals surface area contributed by atoms with Gasteiger partial charge in [0.15, 0.2) is 0 Å². The maximum absolute atomic E-state index is 13.6. The Bertz CT molecular complexity index is 1340. The van der Waals surface area contributed by atoms with Gasteiger partial charge in [-0.2, -0.15) is 0 Å². The standard InChI is InChI=1S/C27H28Cl2N2O4S/c1-3-27(4-2)17-24(23-10-5-6-11-25(23)35-27)30-26(32)18-31(21-9-7-8-20(29)16-21)36(33,34)22-14-12-19(28)13-15-22/h5-16,24H,3-4,17-18H2,1-2H3,(H,30,32). The first kappa shape index (κ1) is 26.3. The van der Waals surface area contributed by atoms with E-state index in [1.165, 1.54) is 30.3 Å². The predicted molar refractivity (Wildman–Crippen MR) is 143 cm³/mol. The second-order valence-corrected chi connectivity index (χ2v) is 11.5. The van der Waals surface area contributed by atoms with E-state index in [0.29, 0.717) is 16.5 Å². The van der Waals surface area contributed by atoms with E-state index in [-0.39, 0.29) is 16.6 Å². The monoisotopic (exact) mass is 546 g/mol. The highest BCUT2D eigenvalue weighted by atomic mass is 35.5. The van der Waals surface area contributed by atoms with Crippen molar-refractivity contribution in [2.75, 3.05) is 10.8 Å². The van der Waals surface area contributed by atoms with Gasteiger partial charge in [0, 0.05) is 22.0 Å². The van der Waals surface area contributed by atoms with Gasteiger partial charge in [-0.3, -0.25) is 9.10 Å². The zero-order valence-corrected chi connectivity index (χ0v) is 22.4. The molecule has 3 aromatic rings. The fourth-order valence-corrected chi connectivity index (χ4v) is 6.20. The summed E-state index contributed by atoms with van der Waals surface area (Å²) in [7, 11) is -4.09. The van der Waals surface area contributed by atoms with E-state index in [4.69, 9.17) is 27.9 Å². The number of benzene rings is 3. The summed E-state index contributed by atoms with van der Waals surface area (Å²) < 4.78 is 34.6. The number of halogens is 2. The van der Waals surface area contributed by atoms with Gasteiger partial charge in [-0.15, -0.1) is 0 Å². The number of nitrogens with one attached hydrogen (secondary N) is 1. The van der Waals surface area contributed by atoms with Crippen molar-refractivity contribution in [3.63, 3.8) is 0 Å². The average molecular weight is 548 g/mol. The molecular weight excluding hydrogens is 519 g/mol. The lowest BCUT2D eigenvalue weighted by molar-refractivity contribution is -0.121. The minimum atomic E-state index is -4.09. The molecule has 9 heteroatoms. The van der Waals surface area contributed by atoms with Crippen LogP contribution in [0.1, 0.15) is 44.7 Å². The van der Waals surface area contributed by atoms with Crippen LogP contribution >= 0.6 is 23.2 Å². The first-order valence-electron chi connectivity index (χ1n) is 11.8. The van der Waals surface area contributed by atoms with Crippen LogP contribution in [0.4, 0.5) is 5.69 Å². The van der Waals surface area contributed by atoms with Gasteiger partial charge in [0.2, 0.25) is 5.91 Å². The highest BCUT2D eigenvalue weighted by Crippen LogP contribution is 2.42. The van der Waals surface area contributed by atoms with Crippen LogP contribution in [0, 0.1) is 0 Å². The summed E-state index contributed by atoms with van der Waals surface area (Å²) in [5.41, 5.74) is 0.753. The zero-order valence-electron chi connectivity index (χ0n) is 20.1. The molecule has 3 aromatic carbocycles. The molecule has 1 aliphatic heterocycles. The molecule has 1 atom stereocenters. The van der Waals surface area contributed by atoms with Crippen molar-refractivity contribution in [1.82, 2.24) is 5.32 Å². The molecule has 1 aliphatic rings. The van der Waals surface area contributed by atoms with E-state index >= 15 is 0 Å². The van der Waals surface area contributed by atoms with Gasteiger partial charge in [0.05, 0.1) is 16.6 Å². The molecule has 0 saturated carbocycles. The number of ether oxygens (including phenoxy) is 1. The fourth-order valence-electron chi connectivity index (χ4n) is 4.48. The van der Waals surface area contributed by atoms with Crippen molar-refractivity contribution >= 4 is 44.8 Å². The third kappa shape index (κ3) is 5.48. The molecule has 4 rings (SSSR count). The summed E-state index contributed by atoms with van der Waals surface area (Å²) >= 11 is 12.1. The average Bonchev–Trinajstić information content (AvgIpc) is 2.87. The second-order valence-electron chi connectivity index (χ2n) is 8.80. The number of nitrogens with zero attached hydrogens (tertiary/aromatic N) is 1. The molecular formula is C27H28Cl2N2O4S. The number of carbonyl (C=O) groups excluding carboxylic acids is 1. The highest BCUT2D eigenvalue weighted by Gasteiger charge is 2.39. The number of fused-ring (bicyclic) bond motifs is 1. The van der Waals surface area contributed by atoms with Crippen molar-refractivity contribution < 1.29 is 17.9 Å². The third-order valence-corrected chi connectivity index (χ3v) is 8.88. The predicted octanol–water partition coefficient (Wildman–Crippen LogP) is 6.39. The van der Waals surface area contributed by atoms with Gasteiger partial charge >= 0.3 is 0 Å². The summed E-state index contributed by atoms with van der Waals surface area (Å²) in [6, 6.07) is 19.6. The Hall–Kier alpha value is -2.74.